The van der Waals surface area contributed by atoms with Crippen molar-refractivity contribution in [2.75, 3.05) is 43.6 Å². The maximum atomic E-state index is 13.4. The van der Waals surface area contributed by atoms with E-state index in [0.717, 1.165) is 42.2 Å². The molecule has 0 saturated carbocycles. The molecule has 3 aromatic rings. The number of amides is 1. The number of fused-ring (bicyclic) bond motifs is 1. The average molecular weight is 664 g/mol. The van der Waals surface area contributed by atoms with Crippen molar-refractivity contribution in [3.63, 3.8) is 0 Å². The molecule has 0 spiro atoms. The van der Waals surface area contributed by atoms with Gasteiger partial charge in [-0.2, -0.15) is 0 Å². The molecule has 0 unspecified atom stereocenters. The second kappa shape index (κ2) is 19.9. The summed E-state index contributed by atoms with van der Waals surface area (Å²) in [5.41, 5.74) is 3.42. The number of anilines is 1. The lowest BCUT2D eigenvalue weighted by Crippen LogP contribution is -2.54. The van der Waals surface area contributed by atoms with Crippen LogP contribution in [0.15, 0.2) is 79.4 Å². The second-order valence-corrected chi connectivity index (χ2v) is 11.3. The molecule has 1 fully saturated rings. The lowest BCUT2D eigenvalue weighted by molar-refractivity contribution is 0.0131. The molecule has 0 radical (unpaired) electrons. The number of carbonyl (C=O) groups is 1. The largest absolute Gasteiger partial charge is 0.491 e. The van der Waals surface area contributed by atoms with Crippen molar-refractivity contribution in [2.45, 2.75) is 40.2 Å². The van der Waals surface area contributed by atoms with Crippen LogP contribution in [0.5, 0.6) is 11.5 Å². The Kier molecular flexibility index (Phi) is 17.1. The molecular formula is C34H44Cl2N2O3S2. The molecule has 9 heteroatoms. The molecule has 0 bridgehead atoms. The van der Waals surface area contributed by atoms with Crippen molar-refractivity contribution >= 4 is 58.1 Å². The van der Waals surface area contributed by atoms with Gasteiger partial charge in [-0.05, 0) is 65.6 Å². The van der Waals surface area contributed by atoms with Gasteiger partial charge in [-0.25, -0.2) is 0 Å². The minimum atomic E-state index is -0.0628. The van der Waals surface area contributed by atoms with Crippen LogP contribution in [0.2, 0.25) is 5.02 Å². The van der Waals surface area contributed by atoms with Gasteiger partial charge < -0.3 is 14.4 Å². The number of rotatable bonds is 7. The van der Waals surface area contributed by atoms with Crippen LogP contribution in [0.4, 0.5) is 5.69 Å². The molecule has 2 aliphatic heterocycles. The van der Waals surface area contributed by atoms with Crippen LogP contribution in [0.3, 0.4) is 0 Å². The molecule has 234 valence electrons. The van der Waals surface area contributed by atoms with Crippen LogP contribution < -0.4 is 14.4 Å². The Bertz CT molecular complexity index is 1250. The topological polar surface area (TPSA) is 42.0 Å². The number of carbonyl (C=O) groups excluding carboxylic acids is 1. The number of hydrogen-bond acceptors (Lipinski definition) is 6. The first-order chi connectivity index (χ1) is 20.8. The van der Waals surface area contributed by atoms with Crippen molar-refractivity contribution in [1.29, 1.82) is 0 Å². The molecule has 43 heavy (non-hydrogen) atoms. The van der Waals surface area contributed by atoms with E-state index in [9.17, 15) is 4.79 Å². The lowest BCUT2D eigenvalue weighted by Gasteiger charge is -2.39. The number of hydrogen-bond donors (Lipinski definition) is 2. The Morgan fingerprint density at radius 2 is 1.60 bits per heavy atom. The summed E-state index contributed by atoms with van der Waals surface area (Å²) in [7, 11) is 0. The fourth-order valence-corrected chi connectivity index (χ4v) is 4.67. The zero-order chi connectivity index (χ0) is 31.8. The monoisotopic (exact) mass is 662 g/mol. The predicted molar refractivity (Wildman–Crippen MR) is 191 cm³/mol. The Morgan fingerprint density at radius 1 is 1.02 bits per heavy atom. The Morgan fingerprint density at radius 3 is 2.16 bits per heavy atom. The van der Waals surface area contributed by atoms with Gasteiger partial charge in [0.1, 0.15) is 24.2 Å². The zero-order valence-corrected chi connectivity index (χ0v) is 28.8. The van der Waals surface area contributed by atoms with Crippen LogP contribution in [0.25, 0.3) is 11.1 Å². The molecule has 5 nitrogen and oxygen atoms in total. The van der Waals surface area contributed by atoms with E-state index >= 15 is 0 Å². The Labute approximate surface area is 278 Å². The quantitative estimate of drug-likeness (QED) is 0.114. The van der Waals surface area contributed by atoms with Crippen molar-refractivity contribution < 1.29 is 14.3 Å². The molecular weight excluding hydrogens is 619 g/mol. The number of thiol groups is 2. The van der Waals surface area contributed by atoms with E-state index in [4.69, 9.17) is 32.7 Å². The lowest BCUT2D eigenvalue weighted by atomic mass is 10.0. The summed E-state index contributed by atoms with van der Waals surface area (Å²) in [6.45, 7) is 16.0. The van der Waals surface area contributed by atoms with E-state index in [-0.39, 0.29) is 12.0 Å². The number of nitrogens with zero attached hydrogens (tertiary/aromatic N) is 2. The van der Waals surface area contributed by atoms with Crippen LogP contribution >= 0.6 is 46.5 Å². The number of halogens is 2. The van der Waals surface area contributed by atoms with E-state index in [2.05, 4.69) is 62.5 Å². The van der Waals surface area contributed by atoms with Crippen molar-refractivity contribution in [2.24, 2.45) is 5.92 Å². The molecule has 1 saturated heterocycles. The van der Waals surface area contributed by atoms with Gasteiger partial charge in [0.2, 0.25) is 0 Å². The molecule has 0 aliphatic carbocycles. The first-order valence-electron chi connectivity index (χ1n) is 14.5. The van der Waals surface area contributed by atoms with Crippen molar-refractivity contribution in [3.8, 4) is 22.6 Å². The van der Waals surface area contributed by atoms with Gasteiger partial charge in [-0.1, -0.05) is 70.0 Å². The maximum absolute atomic E-state index is 13.4. The third-order valence-corrected chi connectivity index (χ3v) is 6.78. The van der Waals surface area contributed by atoms with Gasteiger partial charge in [0.05, 0.1) is 12.1 Å². The van der Waals surface area contributed by atoms with Crippen molar-refractivity contribution in [1.82, 2.24) is 4.90 Å². The SMILES string of the molecule is C=CCCl.CC(C)CN1CC(Oc2ccc(N3CCOc4cc(-c5ccc(Cl)cc5)ccc4C3=O)cc2)C1.CCC.SS. The molecule has 0 N–H and O–H groups in total. The van der Waals surface area contributed by atoms with E-state index < -0.39 is 0 Å². The summed E-state index contributed by atoms with van der Waals surface area (Å²) in [5.74, 6) is 2.61. The molecule has 1 amide bonds. The predicted octanol–water partition coefficient (Wildman–Crippen LogP) is 9.35. The van der Waals surface area contributed by atoms with Gasteiger partial charge in [-0.15, -0.1) is 41.5 Å². The fraction of sp³-hybridized carbons (Fsp3) is 0.382. The molecule has 3 aromatic carbocycles. The first-order valence-corrected chi connectivity index (χ1v) is 17.0. The molecule has 0 aromatic heterocycles. The summed E-state index contributed by atoms with van der Waals surface area (Å²) < 4.78 is 12.1. The highest BCUT2D eigenvalue weighted by Crippen LogP contribution is 2.32. The number of benzene rings is 3. The highest BCUT2D eigenvalue weighted by atomic mass is 35.5. The second-order valence-electron chi connectivity index (χ2n) is 10.5. The summed E-state index contributed by atoms with van der Waals surface area (Å²) >= 11 is 17.5. The molecule has 5 rings (SSSR count). The first kappa shape index (κ1) is 36.9. The number of likely N-dealkylation sites (tertiary alicyclic amines) is 1. The standard InChI is InChI=1S/C28H29ClN2O3.C3H5Cl.C3H8.H2S2/c1-19(2)16-30-17-25(18-30)34-24-10-8-23(9-11-24)31-13-14-33-27-15-21(5-12-26(27)28(31)32)20-3-6-22(29)7-4-20;1-2-3-4;1-3-2;1-2/h3-12,15,19,25H,13-14,16-18H2,1-2H3;2H,1,3H2;3H2,1-2H3;1-2H. The normalized spacial score (nSPS) is 14.3. The highest BCUT2D eigenvalue weighted by Gasteiger charge is 2.29. The van der Waals surface area contributed by atoms with Crippen LogP contribution in [-0.2, 0) is 0 Å². The minimum absolute atomic E-state index is 0.0628. The van der Waals surface area contributed by atoms with E-state index in [1.807, 2.05) is 66.7 Å². The third kappa shape index (κ3) is 11.6. The molecule has 2 aliphatic rings. The molecule has 0 atom stereocenters. The van der Waals surface area contributed by atoms with E-state index in [0.29, 0.717) is 41.3 Å². The van der Waals surface area contributed by atoms with Gasteiger partial charge in [0.25, 0.3) is 5.91 Å². The average Bonchev–Trinajstić information content (AvgIpc) is 3.16. The Balaban J connectivity index is 0.000000641. The smallest absolute Gasteiger partial charge is 0.262 e. The van der Waals surface area contributed by atoms with Crippen LogP contribution in [0, 0.1) is 5.92 Å². The van der Waals surface area contributed by atoms with Crippen LogP contribution in [0.1, 0.15) is 44.5 Å². The Hall–Kier alpha value is -2.29. The summed E-state index contributed by atoms with van der Waals surface area (Å²) in [6.07, 6.45) is 3.13. The highest BCUT2D eigenvalue weighted by molar-refractivity contribution is 8.59. The van der Waals surface area contributed by atoms with Gasteiger partial charge in [-0.3, -0.25) is 9.69 Å². The van der Waals surface area contributed by atoms with E-state index in [1.54, 1.807) is 11.0 Å². The number of allylic oxidation sites excluding steroid dienone is 1. The van der Waals surface area contributed by atoms with Gasteiger partial charge in [0, 0.05) is 36.2 Å². The van der Waals surface area contributed by atoms with Gasteiger partial charge in [0.15, 0.2) is 0 Å². The van der Waals surface area contributed by atoms with Crippen molar-refractivity contribution in [3.05, 3.63) is 90.0 Å². The number of ether oxygens (including phenoxy) is 2. The van der Waals surface area contributed by atoms with E-state index in [1.165, 1.54) is 6.42 Å². The minimum Gasteiger partial charge on any atom is -0.491 e. The summed E-state index contributed by atoms with van der Waals surface area (Å²) in [4.78, 5) is 17.5. The fourth-order valence-electron chi connectivity index (χ4n) is 4.54. The number of alkyl halides is 1. The van der Waals surface area contributed by atoms with Crippen LogP contribution in [-0.4, -0.2) is 55.6 Å². The zero-order valence-electron chi connectivity index (χ0n) is 25.5. The third-order valence-electron chi connectivity index (χ3n) is 6.31. The molecule has 2 heterocycles. The maximum Gasteiger partial charge on any atom is 0.262 e. The van der Waals surface area contributed by atoms with Gasteiger partial charge >= 0.3 is 0 Å². The summed E-state index contributed by atoms with van der Waals surface area (Å²) in [5, 5.41) is 0.692. The summed E-state index contributed by atoms with van der Waals surface area (Å²) in [6, 6.07) is 21.2.